The summed E-state index contributed by atoms with van der Waals surface area (Å²) in [7, 11) is 0. The molecule has 3 N–H and O–H groups in total. The highest BCUT2D eigenvalue weighted by Gasteiger charge is 2.48. The Bertz CT molecular complexity index is 972. The average Bonchev–Trinajstić information content (AvgIpc) is 2.75. The summed E-state index contributed by atoms with van der Waals surface area (Å²) in [6.45, 7) is 6.36. The van der Waals surface area contributed by atoms with Crippen molar-refractivity contribution in [2.75, 3.05) is 13.1 Å². The first-order valence-electron chi connectivity index (χ1n) is 11.0. The smallest absolute Gasteiger partial charge is 0.407 e. The van der Waals surface area contributed by atoms with Crippen LogP contribution in [0.25, 0.3) is 0 Å². The normalized spacial score (nSPS) is 19.7. The third-order valence-electron chi connectivity index (χ3n) is 4.62. The lowest BCUT2D eigenvalue weighted by Crippen LogP contribution is -2.51. The zero-order valence-electron chi connectivity index (χ0n) is 20.0. The van der Waals surface area contributed by atoms with E-state index < -0.39 is 41.6 Å². The lowest BCUT2D eigenvalue weighted by Gasteiger charge is -2.36. The van der Waals surface area contributed by atoms with Gasteiger partial charge >= 0.3 is 23.8 Å². The SMILES string of the molecule is CC(=O)OC1(C(=O)O)CCCC(Oc2ccc(C=O)cc2C(=O)NCCNC(=O)OC(C)(C)C)O1. The number of ether oxygens (including phenoxy) is 4. The van der Waals surface area contributed by atoms with E-state index in [2.05, 4.69) is 10.6 Å². The highest BCUT2D eigenvalue weighted by atomic mass is 16.8. The maximum absolute atomic E-state index is 12.8. The van der Waals surface area contributed by atoms with Crippen molar-refractivity contribution in [2.24, 2.45) is 0 Å². The summed E-state index contributed by atoms with van der Waals surface area (Å²) in [6, 6.07) is 4.10. The predicted octanol–water partition coefficient (Wildman–Crippen LogP) is 2.00. The minimum absolute atomic E-state index is 0.00514. The molecule has 1 saturated heterocycles. The predicted molar refractivity (Wildman–Crippen MR) is 120 cm³/mol. The van der Waals surface area contributed by atoms with Crippen LogP contribution >= 0.6 is 0 Å². The molecule has 1 fully saturated rings. The number of aliphatic carboxylic acids is 1. The molecule has 0 aliphatic carbocycles. The molecule has 0 spiro atoms. The molecule has 1 aliphatic heterocycles. The van der Waals surface area contributed by atoms with Crippen LogP contribution in [0.1, 0.15) is 67.7 Å². The van der Waals surface area contributed by atoms with Gasteiger partial charge in [-0.3, -0.25) is 19.1 Å². The second-order valence-electron chi connectivity index (χ2n) is 8.77. The van der Waals surface area contributed by atoms with Crippen molar-refractivity contribution in [1.29, 1.82) is 0 Å². The highest BCUT2D eigenvalue weighted by Crippen LogP contribution is 2.33. The zero-order chi connectivity index (χ0) is 26.2. The Morgan fingerprint density at radius 1 is 1.20 bits per heavy atom. The van der Waals surface area contributed by atoms with Crippen molar-refractivity contribution < 1.29 is 48.0 Å². The van der Waals surface area contributed by atoms with Gasteiger partial charge in [0.1, 0.15) is 17.6 Å². The first-order valence-corrected chi connectivity index (χ1v) is 11.0. The number of carboxylic acids is 1. The number of nitrogens with one attached hydrogen (secondary N) is 2. The van der Waals surface area contributed by atoms with Crippen molar-refractivity contribution in [2.45, 2.75) is 64.6 Å². The Morgan fingerprint density at radius 2 is 1.89 bits per heavy atom. The topological polar surface area (TPSA) is 167 Å². The van der Waals surface area contributed by atoms with Gasteiger partial charge in [-0.1, -0.05) is 0 Å². The quantitative estimate of drug-likeness (QED) is 0.262. The van der Waals surface area contributed by atoms with Gasteiger partial charge in [0.25, 0.3) is 5.91 Å². The molecule has 12 nitrogen and oxygen atoms in total. The van der Waals surface area contributed by atoms with E-state index in [-0.39, 0.29) is 42.8 Å². The number of alkyl carbamates (subject to hydrolysis) is 1. The Kier molecular flexibility index (Phi) is 9.18. The number of rotatable bonds is 9. The van der Waals surface area contributed by atoms with E-state index in [0.29, 0.717) is 12.7 Å². The number of amides is 2. The number of esters is 1. The molecule has 2 unspecified atom stereocenters. The molecule has 0 aromatic heterocycles. The molecule has 0 bridgehead atoms. The monoisotopic (exact) mass is 494 g/mol. The van der Waals surface area contributed by atoms with Crippen LogP contribution in [0.15, 0.2) is 18.2 Å². The molecule has 2 amide bonds. The van der Waals surface area contributed by atoms with Gasteiger partial charge in [0, 0.05) is 38.4 Å². The van der Waals surface area contributed by atoms with E-state index in [1.807, 2.05) is 0 Å². The molecule has 192 valence electrons. The van der Waals surface area contributed by atoms with Gasteiger partial charge in [-0.05, 0) is 45.4 Å². The number of carboxylic acid groups (broad SMARTS) is 1. The van der Waals surface area contributed by atoms with Crippen LogP contribution in [0.5, 0.6) is 5.75 Å². The van der Waals surface area contributed by atoms with Crippen LogP contribution in [0.2, 0.25) is 0 Å². The molecule has 35 heavy (non-hydrogen) atoms. The number of carbonyl (C=O) groups is 5. The van der Waals surface area contributed by atoms with Crippen molar-refractivity contribution in [1.82, 2.24) is 10.6 Å². The fourth-order valence-electron chi connectivity index (χ4n) is 3.22. The van der Waals surface area contributed by atoms with Crippen LogP contribution in [-0.2, 0) is 23.8 Å². The summed E-state index contributed by atoms with van der Waals surface area (Å²) in [5, 5.41) is 14.7. The highest BCUT2D eigenvalue weighted by molar-refractivity contribution is 5.98. The van der Waals surface area contributed by atoms with E-state index in [9.17, 15) is 29.1 Å². The number of hydrogen-bond donors (Lipinski definition) is 3. The Labute approximate surface area is 202 Å². The Balaban J connectivity index is 2.09. The number of aldehydes is 1. The molecule has 0 radical (unpaired) electrons. The molecule has 12 heteroatoms. The van der Waals surface area contributed by atoms with Gasteiger partial charge in [0.2, 0.25) is 6.29 Å². The fourth-order valence-corrected chi connectivity index (χ4v) is 3.22. The number of benzene rings is 1. The standard InChI is InChI=1S/C23H30N2O10/c1-14(27)33-23(20(29)30)9-5-6-18(34-23)32-17-8-7-15(13-26)12-16(17)19(28)24-10-11-25-21(31)35-22(2,3)4/h7-8,12-13,18H,5-6,9-11H2,1-4H3,(H,24,28)(H,25,31)(H,29,30). The van der Waals surface area contributed by atoms with Gasteiger partial charge in [-0.15, -0.1) is 0 Å². The van der Waals surface area contributed by atoms with Gasteiger partial charge in [-0.2, -0.15) is 0 Å². The summed E-state index contributed by atoms with van der Waals surface area (Å²) in [4.78, 5) is 58.9. The van der Waals surface area contributed by atoms with Gasteiger partial charge in [-0.25, -0.2) is 9.59 Å². The summed E-state index contributed by atoms with van der Waals surface area (Å²) in [5.74, 6) is -5.08. The van der Waals surface area contributed by atoms with Gasteiger partial charge in [0.15, 0.2) is 0 Å². The van der Waals surface area contributed by atoms with E-state index in [0.717, 1.165) is 6.92 Å². The third-order valence-corrected chi connectivity index (χ3v) is 4.62. The van der Waals surface area contributed by atoms with E-state index in [1.54, 1.807) is 20.8 Å². The van der Waals surface area contributed by atoms with Gasteiger partial charge < -0.3 is 30.0 Å². The molecular weight excluding hydrogens is 464 g/mol. The Morgan fingerprint density at radius 3 is 2.49 bits per heavy atom. The van der Waals surface area contributed by atoms with E-state index in [4.69, 9.17) is 18.9 Å². The molecule has 1 aromatic carbocycles. The molecule has 2 rings (SSSR count). The number of carbonyl (C=O) groups excluding carboxylic acids is 4. The minimum Gasteiger partial charge on any atom is -0.476 e. The van der Waals surface area contributed by atoms with E-state index >= 15 is 0 Å². The average molecular weight is 494 g/mol. The lowest BCUT2D eigenvalue weighted by atomic mass is 10.0. The Hall–Kier alpha value is -3.67. The molecule has 2 atom stereocenters. The van der Waals surface area contributed by atoms with E-state index in [1.165, 1.54) is 18.2 Å². The van der Waals surface area contributed by atoms with Crippen LogP contribution in [0.4, 0.5) is 4.79 Å². The number of hydrogen-bond acceptors (Lipinski definition) is 9. The summed E-state index contributed by atoms with van der Waals surface area (Å²) in [6.07, 6.45) is -0.701. The van der Waals surface area contributed by atoms with Crippen molar-refractivity contribution in [3.63, 3.8) is 0 Å². The first kappa shape index (κ1) is 27.6. The summed E-state index contributed by atoms with van der Waals surface area (Å²) < 4.78 is 21.3. The second kappa shape index (κ2) is 11.6. The molecule has 0 saturated carbocycles. The van der Waals surface area contributed by atoms with Crippen LogP contribution in [-0.4, -0.2) is 66.1 Å². The molecule has 1 aromatic rings. The van der Waals surface area contributed by atoms with Crippen LogP contribution < -0.4 is 15.4 Å². The van der Waals surface area contributed by atoms with Crippen molar-refractivity contribution >= 4 is 30.2 Å². The fraction of sp³-hybridized carbons (Fsp3) is 0.522. The van der Waals surface area contributed by atoms with Crippen molar-refractivity contribution in [3.05, 3.63) is 29.3 Å². The second-order valence-corrected chi connectivity index (χ2v) is 8.77. The summed E-state index contributed by atoms with van der Waals surface area (Å²) in [5.41, 5.74) is -0.461. The maximum Gasteiger partial charge on any atom is 0.407 e. The lowest BCUT2D eigenvalue weighted by molar-refractivity contribution is -0.294. The first-order chi connectivity index (χ1) is 16.3. The molecule has 1 aliphatic rings. The molecule has 1 heterocycles. The minimum atomic E-state index is -2.20. The van der Waals surface area contributed by atoms with Crippen LogP contribution in [0, 0.1) is 0 Å². The largest absolute Gasteiger partial charge is 0.476 e. The van der Waals surface area contributed by atoms with Crippen LogP contribution in [0.3, 0.4) is 0 Å². The third kappa shape index (κ3) is 8.25. The summed E-state index contributed by atoms with van der Waals surface area (Å²) >= 11 is 0. The zero-order valence-corrected chi connectivity index (χ0v) is 20.0. The van der Waals surface area contributed by atoms with Gasteiger partial charge in [0.05, 0.1) is 5.56 Å². The molecular formula is C23H30N2O10. The maximum atomic E-state index is 12.8. The van der Waals surface area contributed by atoms with Crippen molar-refractivity contribution in [3.8, 4) is 5.75 Å².